The summed E-state index contributed by atoms with van der Waals surface area (Å²) in [7, 11) is 0. The molecule has 0 saturated carbocycles. The summed E-state index contributed by atoms with van der Waals surface area (Å²) in [5, 5.41) is 12.9. The number of rotatable bonds is 8. The van der Waals surface area contributed by atoms with Crippen LogP contribution in [0.25, 0.3) is 109 Å². The van der Waals surface area contributed by atoms with Gasteiger partial charge in [-0.3, -0.25) is 0 Å². The molecule has 0 atom stereocenters. The third-order valence-electron chi connectivity index (χ3n) is 16.0. The van der Waals surface area contributed by atoms with Gasteiger partial charge in [0.2, 0.25) is 0 Å². The van der Waals surface area contributed by atoms with Gasteiger partial charge in [0, 0.05) is 60.5 Å². The van der Waals surface area contributed by atoms with Gasteiger partial charge in [-0.25, -0.2) is 0 Å². The Morgan fingerprint density at radius 1 is 0.316 bits per heavy atom. The minimum Gasteiger partial charge on any atom is -0.456 e. The molecule has 0 N–H and O–H groups in total. The summed E-state index contributed by atoms with van der Waals surface area (Å²) in [6, 6.07) is 69.7. The third kappa shape index (κ3) is 6.59. The summed E-state index contributed by atoms with van der Waals surface area (Å²) in [5.74, 6) is 0.479. The molecule has 0 unspecified atom stereocenters. The summed E-state index contributed by atoms with van der Waals surface area (Å²) in [6.45, 7) is 13.4. The van der Waals surface area contributed by atoms with Gasteiger partial charge in [0.1, 0.15) is 33.5 Å². The fourth-order valence-corrected chi connectivity index (χ4v) is 12.2. The average molecular weight is 985 g/mol. The predicted molar refractivity (Wildman–Crippen MR) is 318 cm³/mol. The standard InChI is InChI=1S/C70H52N2O4/c1-39(2)49-27-29-53-51-17-9-13-21-60(51)74-69(53)66(49)71(58-19-11-7-15-41(58)5)47-25-23-43-35-56-55-31-32-62-65(68(55)76-63(56)37-45(43)33-47)57-36-44-24-26-48(34-46(44)38-64(57)73-62)72(59-20-12-8-16-42(59)6)67-50(40(3)4)28-30-54-52-18-10-14-22-61(52)75-70(54)67/h7-40H,1-6H3. The zero-order valence-corrected chi connectivity index (χ0v) is 43.2. The number of anilines is 6. The quantitative estimate of drug-likeness (QED) is 0.151. The lowest BCUT2D eigenvalue weighted by Gasteiger charge is -2.30. The minimum absolute atomic E-state index is 0.239. The van der Waals surface area contributed by atoms with Gasteiger partial charge in [-0.2, -0.15) is 0 Å². The molecule has 0 spiro atoms. The zero-order chi connectivity index (χ0) is 51.1. The fourth-order valence-electron chi connectivity index (χ4n) is 12.2. The lowest BCUT2D eigenvalue weighted by atomic mass is 9.96. The highest BCUT2D eigenvalue weighted by Gasteiger charge is 2.28. The normalized spacial score (nSPS) is 12.3. The summed E-state index contributed by atoms with van der Waals surface area (Å²) in [4.78, 5) is 4.79. The van der Waals surface area contributed by atoms with Gasteiger partial charge in [-0.1, -0.05) is 137 Å². The molecule has 0 aliphatic carbocycles. The van der Waals surface area contributed by atoms with E-state index in [9.17, 15) is 0 Å². The van der Waals surface area contributed by atoms with E-state index in [-0.39, 0.29) is 11.8 Å². The van der Waals surface area contributed by atoms with Crippen molar-refractivity contribution in [1.82, 2.24) is 0 Å². The second-order valence-corrected chi connectivity index (χ2v) is 21.3. The van der Waals surface area contributed by atoms with Crippen LogP contribution in [0.2, 0.25) is 0 Å². The Hall–Kier alpha value is -9.26. The number of furan rings is 4. The van der Waals surface area contributed by atoms with E-state index in [1.54, 1.807) is 0 Å². The summed E-state index contributed by atoms with van der Waals surface area (Å²) >= 11 is 0. The van der Waals surface area contributed by atoms with Gasteiger partial charge in [-0.15, -0.1) is 0 Å². The maximum absolute atomic E-state index is 7.03. The maximum atomic E-state index is 7.03. The SMILES string of the molecule is Cc1ccccc1N(c1ccc2cc3c(cc2c1)oc1c3ccc2oc3cc4cc(N(c5ccccc5C)c5c(C(C)C)ccc6c5oc5ccccc56)ccc4cc3c21)c1c(C(C)C)ccc2c1oc1ccccc12. The monoisotopic (exact) mass is 984 g/mol. The first-order valence-corrected chi connectivity index (χ1v) is 26.4. The molecule has 6 nitrogen and oxygen atoms in total. The number of fused-ring (bicyclic) bond motifs is 15. The Morgan fingerprint density at radius 2 is 0.763 bits per heavy atom. The minimum atomic E-state index is 0.239. The highest BCUT2D eigenvalue weighted by Crippen LogP contribution is 2.51. The first kappa shape index (κ1) is 44.2. The van der Waals surface area contributed by atoms with Crippen LogP contribution < -0.4 is 9.80 Å². The second-order valence-electron chi connectivity index (χ2n) is 21.3. The second kappa shape index (κ2) is 16.6. The molecule has 0 amide bonds. The Labute approximate surface area is 438 Å². The molecule has 0 fully saturated rings. The topological polar surface area (TPSA) is 59.0 Å². The molecule has 15 aromatic rings. The third-order valence-corrected chi connectivity index (χ3v) is 16.0. The van der Waals surface area contributed by atoms with E-state index in [2.05, 4.69) is 233 Å². The van der Waals surface area contributed by atoms with E-state index in [0.29, 0.717) is 0 Å². The fraction of sp³-hybridized carbons (Fsp3) is 0.114. The highest BCUT2D eigenvalue weighted by atomic mass is 16.3. The lowest BCUT2D eigenvalue weighted by Crippen LogP contribution is -2.14. The Balaban J connectivity index is 0.883. The molecule has 0 radical (unpaired) electrons. The van der Waals surface area contributed by atoms with Gasteiger partial charge >= 0.3 is 0 Å². The van der Waals surface area contributed by atoms with Crippen LogP contribution in [-0.4, -0.2) is 0 Å². The number of nitrogens with zero attached hydrogens (tertiary/aromatic N) is 2. The summed E-state index contributed by atoms with van der Waals surface area (Å²) < 4.78 is 27.4. The van der Waals surface area contributed by atoms with Crippen molar-refractivity contribution < 1.29 is 17.7 Å². The van der Waals surface area contributed by atoms with E-state index in [0.717, 1.165) is 143 Å². The van der Waals surface area contributed by atoms with Crippen molar-refractivity contribution in [2.24, 2.45) is 0 Å². The van der Waals surface area contributed by atoms with E-state index < -0.39 is 0 Å². The number of para-hydroxylation sites is 4. The van der Waals surface area contributed by atoms with Crippen LogP contribution in [0.15, 0.2) is 212 Å². The molecule has 4 aromatic heterocycles. The molecular formula is C70H52N2O4. The highest BCUT2D eigenvalue weighted by molar-refractivity contribution is 6.24. The van der Waals surface area contributed by atoms with Crippen molar-refractivity contribution >= 4 is 143 Å². The molecule has 6 heteroatoms. The van der Waals surface area contributed by atoms with E-state index in [1.807, 2.05) is 12.1 Å². The van der Waals surface area contributed by atoms with Crippen LogP contribution in [0, 0.1) is 13.8 Å². The van der Waals surface area contributed by atoms with Crippen LogP contribution in [0.5, 0.6) is 0 Å². The van der Waals surface area contributed by atoms with E-state index >= 15 is 0 Å². The smallest absolute Gasteiger partial charge is 0.159 e. The predicted octanol–water partition coefficient (Wildman–Crippen LogP) is 21.4. The first-order valence-electron chi connectivity index (χ1n) is 26.4. The zero-order valence-electron chi connectivity index (χ0n) is 43.2. The maximum Gasteiger partial charge on any atom is 0.159 e. The van der Waals surface area contributed by atoms with Crippen molar-refractivity contribution in [3.8, 4) is 0 Å². The van der Waals surface area contributed by atoms with Gasteiger partial charge in [0.25, 0.3) is 0 Å². The molecule has 76 heavy (non-hydrogen) atoms. The molecule has 366 valence electrons. The Bertz CT molecular complexity index is 4890. The molecule has 11 aromatic carbocycles. The van der Waals surface area contributed by atoms with E-state index in [1.165, 1.54) is 22.3 Å². The van der Waals surface area contributed by atoms with Crippen molar-refractivity contribution in [1.29, 1.82) is 0 Å². The molecule has 0 aliphatic heterocycles. The molecule has 0 bridgehead atoms. The average Bonchev–Trinajstić information content (AvgIpc) is 4.21. The first-order chi connectivity index (χ1) is 37.1. The largest absolute Gasteiger partial charge is 0.456 e. The van der Waals surface area contributed by atoms with Gasteiger partial charge in [0.05, 0.1) is 16.8 Å². The number of aryl methyl sites for hydroxylation is 2. The van der Waals surface area contributed by atoms with Gasteiger partial charge in [-0.05, 0) is 154 Å². The summed E-state index contributed by atoms with van der Waals surface area (Å²) in [6.07, 6.45) is 0. The van der Waals surface area contributed by atoms with Crippen LogP contribution >= 0.6 is 0 Å². The molecule has 15 rings (SSSR count). The number of hydrogen-bond donors (Lipinski definition) is 0. The van der Waals surface area contributed by atoms with Crippen molar-refractivity contribution in [3.63, 3.8) is 0 Å². The van der Waals surface area contributed by atoms with Crippen molar-refractivity contribution in [3.05, 3.63) is 216 Å². The Morgan fingerprint density at radius 3 is 1.29 bits per heavy atom. The van der Waals surface area contributed by atoms with Crippen LogP contribution in [0.1, 0.15) is 61.8 Å². The van der Waals surface area contributed by atoms with Crippen LogP contribution in [-0.2, 0) is 0 Å². The van der Waals surface area contributed by atoms with Crippen molar-refractivity contribution in [2.45, 2.75) is 53.4 Å². The van der Waals surface area contributed by atoms with Crippen molar-refractivity contribution in [2.75, 3.05) is 9.80 Å². The van der Waals surface area contributed by atoms with Crippen LogP contribution in [0.4, 0.5) is 34.1 Å². The summed E-state index contributed by atoms with van der Waals surface area (Å²) in [5.41, 5.74) is 17.9. The Kier molecular flexibility index (Phi) is 9.68. The molecular weight excluding hydrogens is 933 g/mol. The number of hydrogen-bond acceptors (Lipinski definition) is 6. The molecule has 0 saturated heterocycles. The van der Waals surface area contributed by atoms with Gasteiger partial charge in [0.15, 0.2) is 11.2 Å². The van der Waals surface area contributed by atoms with E-state index in [4.69, 9.17) is 17.7 Å². The molecule has 0 aliphatic rings. The lowest BCUT2D eigenvalue weighted by molar-refractivity contribution is 0.663. The van der Waals surface area contributed by atoms with Crippen LogP contribution in [0.3, 0.4) is 0 Å². The van der Waals surface area contributed by atoms with Gasteiger partial charge < -0.3 is 27.5 Å². The molecule has 4 heterocycles. The number of benzene rings is 11.